The SMILES string of the molecule is CCCNCC(COC)Oc1cncc(Br)c1. The predicted molar refractivity (Wildman–Crippen MR) is 71.4 cm³/mol. The van der Waals surface area contributed by atoms with Crippen LogP contribution in [0.1, 0.15) is 13.3 Å². The molecule has 0 saturated carbocycles. The molecule has 4 nitrogen and oxygen atoms in total. The summed E-state index contributed by atoms with van der Waals surface area (Å²) in [5.74, 6) is 0.750. The molecule has 0 fully saturated rings. The van der Waals surface area contributed by atoms with Gasteiger partial charge in [0.15, 0.2) is 0 Å². The van der Waals surface area contributed by atoms with Crippen molar-refractivity contribution in [1.29, 1.82) is 0 Å². The molecule has 1 aromatic heterocycles. The molecule has 0 amide bonds. The number of hydrogen-bond donors (Lipinski definition) is 1. The van der Waals surface area contributed by atoms with Gasteiger partial charge in [-0.2, -0.15) is 0 Å². The van der Waals surface area contributed by atoms with Crippen LogP contribution in [0.15, 0.2) is 22.9 Å². The first-order valence-electron chi connectivity index (χ1n) is 5.73. The molecule has 1 N–H and O–H groups in total. The van der Waals surface area contributed by atoms with Gasteiger partial charge >= 0.3 is 0 Å². The number of rotatable bonds is 8. The van der Waals surface area contributed by atoms with Gasteiger partial charge in [-0.05, 0) is 35.0 Å². The van der Waals surface area contributed by atoms with Crippen molar-refractivity contribution in [3.05, 3.63) is 22.9 Å². The third-order valence-corrected chi connectivity index (χ3v) is 2.57. The van der Waals surface area contributed by atoms with E-state index in [-0.39, 0.29) is 6.10 Å². The average molecular weight is 303 g/mol. The molecule has 0 saturated heterocycles. The molecule has 0 bridgehead atoms. The van der Waals surface area contributed by atoms with Crippen LogP contribution in [0.25, 0.3) is 0 Å². The molecule has 0 aliphatic carbocycles. The first-order chi connectivity index (χ1) is 8.26. The molecule has 1 unspecified atom stereocenters. The van der Waals surface area contributed by atoms with Crippen LogP contribution in [0.3, 0.4) is 0 Å². The summed E-state index contributed by atoms with van der Waals surface area (Å²) in [7, 11) is 1.68. The lowest BCUT2D eigenvalue weighted by Gasteiger charge is -2.18. The van der Waals surface area contributed by atoms with Crippen LogP contribution >= 0.6 is 15.9 Å². The lowest BCUT2D eigenvalue weighted by atomic mass is 10.3. The van der Waals surface area contributed by atoms with Crippen molar-refractivity contribution >= 4 is 15.9 Å². The Morgan fingerprint density at radius 2 is 2.29 bits per heavy atom. The van der Waals surface area contributed by atoms with Gasteiger partial charge in [0, 0.05) is 24.3 Å². The molecule has 1 heterocycles. The number of methoxy groups -OCH3 is 1. The molecule has 0 aromatic carbocycles. The molecule has 0 aliphatic heterocycles. The molecule has 1 aromatic rings. The van der Waals surface area contributed by atoms with Gasteiger partial charge in [-0.3, -0.25) is 4.98 Å². The van der Waals surface area contributed by atoms with E-state index in [4.69, 9.17) is 9.47 Å². The minimum Gasteiger partial charge on any atom is -0.485 e. The highest BCUT2D eigenvalue weighted by Crippen LogP contribution is 2.17. The van der Waals surface area contributed by atoms with Crippen LogP contribution in [-0.4, -0.2) is 37.9 Å². The van der Waals surface area contributed by atoms with E-state index in [2.05, 4.69) is 33.2 Å². The summed E-state index contributed by atoms with van der Waals surface area (Å²) in [5.41, 5.74) is 0. The lowest BCUT2D eigenvalue weighted by molar-refractivity contribution is 0.0804. The minimum absolute atomic E-state index is 0.00245. The molecule has 96 valence electrons. The van der Waals surface area contributed by atoms with Crippen LogP contribution in [0, 0.1) is 0 Å². The third-order valence-electron chi connectivity index (χ3n) is 2.13. The zero-order chi connectivity index (χ0) is 12.5. The van der Waals surface area contributed by atoms with Crippen LogP contribution in [0.5, 0.6) is 5.75 Å². The lowest BCUT2D eigenvalue weighted by Crippen LogP contribution is -2.35. The Hall–Kier alpha value is -0.650. The van der Waals surface area contributed by atoms with Crippen LogP contribution in [0.2, 0.25) is 0 Å². The quantitative estimate of drug-likeness (QED) is 0.748. The van der Waals surface area contributed by atoms with Gasteiger partial charge in [-0.1, -0.05) is 6.92 Å². The maximum absolute atomic E-state index is 5.80. The molecule has 0 spiro atoms. The highest BCUT2D eigenvalue weighted by molar-refractivity contribution is 9.10. The van der Waals surface area contributed by atoms with E-state index in [0.29, 0.717) is 6.61 Å². The summed E-state index contributed by atoms with van der Waals surface area (Å²) >= 11 is 3.37. The third kappa shape index (κ3) is 6.00. The second-order valence-electron chi connectivity index (χ2n) is 3.74. The first-order valence-corrected chi connectivity index (χ1v) is 6.52. The van der Waals surface area contributed by atoms with E-state index < -0.39 is 0 Å². The van der Waals surface area contributed by atoms with Crippen molar-refractivity contribution in [2.24, 2.45) is 0 Å². The monoisotopic (exact) mass is 302 g/mol. The van der Waals surface area contributed by atoms with Gasteiger partial charge in [0.1, 0.15) is 11.9 Å². The minimum atomic E-state index is 0.00245. The highest BCUT2D eigenvalue weighted by atomic mass is 79.9. The Balaban J connectivity index is 2.47. The number of nitrogens with one attached hydrogen (secondary N) is 1. The van der Waals surface area contributed by atoms with Gasteiger partial charge in [-0.15, -0.1) is 0 Å². The van der Waals surface area contributed by atoms with Crippen molar-refractivity contribution < 1.29 is 9.47 Å². The number of ether oxygens (including phenoxy) is 2. The van der Waals surface area contributed by atoms with Gasteiger partial charge in [0.05, 0.1) is 12.8 Å². The fourth-order valence-corrected chi connectivity index (χ4v) is 1.75. The molecular formula is C12H19BrN2O2. The van der Waals surface area contributed by atoms with E-state index in [1.54, 1.807) is 19.5 Å². The van der Waals surface area contributed by atoms with E-state index >= 15 is 0 Å². The van der Waals surface area contributed by atoms with Crippen molar-refractivity contribution in [3.63, 3.8) is 0 Å². The standard InChI is InChI=1S/C12H19BrN2O2/c1-3-4-14-8-12(9-16-2)17-11-5-10(13)6-15-7-11/h5-7,12,14H,3-4,8-9H2,1-2H3. The molecule has 17 heavy (non-hydrogen) atoms. The fourth-order valence-electron chi connectivity index (χ4n) is 1.41. The van der Waals surface area contributed by atoms with E-state index in [1.165, 1.54) is 0 Å². The summed E-state index contributed by atoms with van der Waals surface area (Å²) < 4.78 is 11.9. The van der Waals surface area contributed by atoms with E-state index in [1.807, 2.05) is 6.07 Å². The number of pyridine rings is 1. The first kappa shape index (κ1) is 14.4. The highest BCUT2D eigenvalue weighted by Gasteiger charge is 2.10. The second kappa shape index (κ2) is 8.44. The summed E-state index contributed by atoms with van der Waals surface area (Å²) in [4.78, 5) is 4.06. The molecular weight excluding hydrogens is 284 g/mol. The zero-order valence-electron chi connectivity index (χ0n) is 10.3. The average Bonchev–Trinajstić information content (AvgIpc) is 2.29. The summed E-state index contributed by atoms with van der Waals surface area (Å²) in [5, 5.41) is 3.32. The van der Waals surface area contributed by atoms with Crippen LogP contribution < -0.4 is 10.1 Å². The smallest absolute Gasteiger partial charge is 0.139 e. The maximum Gasteiger partial charge on any atom is 0.139 e. The van der Waals surface area contributed by atoms with Gasteiger partial charge < -0.3 is 14.8 Å². The Kier molecular flexibility index (Phi) is 7.16. The molecule has 0 aliphatic rings. The molecule has 0 radical (unpaired) electrons. The summed E-state index contributed by atoms with van der Waals surface area (Å²) in [6.45, 7) is 4.45. The van der Waals surface area contributed by atoms with Crippen molar-refractivity contribution in [2.45, 2.75) is 19.4 Å². The Morgan fingerprint density at radius 1 is 1.47 bits per heavy atom. The van der Waals surface area contributed by atoms with Gasteiger partial charge in [-0.25, -0.2) is 0 Å². The molecule has 5 heteroatoms. The Labute approximate surface area is 111 Å². The van der Waals surface area contributed by atoms with Crippen molar-refractivity contribution in [2.75, 3.05) is 26.8 Å². The molecule has 1 atom stereocenters. The number of nitrogens with zero attached hydrogens (tertiary/aromatic N) is 1. The topological polar surface area (TPSA) is 43.4 Å². The van der Waals surface area contributed by atoms with Crippen LogP contribution in [0.4, 0.5) is 0 Å². The summed E-state index contributed by atoms with van der Waals surface area (Å²) in [6, 6.07) is 1.90. The van der Waals surface area contributed by atoms with Crippen molar-refractivity contribution in [3.8, 4) is 5.75 Å². The molecule has 1 rings (SSSR count). The van der Waals surface area contributed by atoms with Gasteiger partial charge in [0.25, 0.3) is 0 Å². The van der Waals surface area contributed by atoms with Gasteiger partial charge in [0.2, 0.25) is 0 Å². The number of aromatic nitrogens is 1. The number of halogens is 1. The summed E-state index contributed by atoms with van der Waals surface area (Å²) in [6.07, 6.45) is 4.54. The Morgan fingerprint density at radius 3 is 2.94 bits per heavy atom. The largest absolute Gasteiger partial charge is 0.485 e. The predicted octanol–water partition coefficient (Wildman–Crippen LogP) is 2.24. The van der Waals surface area contributed by atoms with E-state index in [9.17, 15) is 0 Å². The van der Waals surface area contributed by atoms with Crippen molar-refractivity contribution in [1.82, 2.24) is 10.3 Å². The fraction of sp³-hybridized carbons (Fsp3) is 0.583. The second-order valence-corrected chi connectivity index (χ2v) is 4.65. The maximum atomic E-state index is 5.80. The van der Waals surface area contributed by atoms with E-state index in [0.717, 1.165) is 29.7 Å². The zero-order valence-corrected chi connectivity index (χ0v) is 11.9. The normalized spacial score (nSPS) is 12.4. The Bertz CT molecular complexity index is 323. The number of hydrogen-bond acceptors (Lipinski definition) is 4. The van der Waals surface area contributed by atoms with Crippen LogP contribution in [-0.2, 0) is 4.74 Å².